The second-order valence-corrected chi connectivity index (χ2v) is 7.44. The monoisotopic (exact) mass is 332 g/mol. The first kappa shape index (κ1) is 15.7. The number of carbonyl (C=O) groups excluding carboxylic acids is 2. The van der Waals surface area contributed by atoms with E-state index in [0.717, 1.165) is 37.9 Å². The largest absolute Gasteiger partial charge is 0.459 e. The van der Waals surface area contributed by atoms with E-state index in [1.54, 1.807) is 11.2 Å². The SMILES string of the molecule is Cc1ccoc1C(=O)N1CC2(CC[C@@H](CN3CCCC3=O)CO2)C1. The van der Waals surface area contributed by atoms with Crippen LogP contribution in [-0.2, 0) is 9.53 Å². The zero-order valence-corrected chi connectivity index (χ0v) is 14.1. The summed E-state index contributed by atoms with van der Waals surface area (Å²) in [6.07, 6.45) is 5.26. The normalized spacial score (nSPS) is 26.0. The van der Waals surface area contributed by atoms with Gasteiger partial charge in [0, 0.05) is 31.0 Å². The van der Waals surface area contributed by atoms with Crippen LogP contribution in [0.2, 0.25) is 0 Å². The molecular weight excluding hydrogens is 308 g/mol. The highest BCUT2D eigenvalue weighted by Gasteiger charge is 2.49. The number of ether oxygens (including phenoxy) is 1. The highest BCUT2D eigenvalue weighted by Crippen LogP contribution is 2.37. The van der Waals surface area contributed by atoms with Crippen LogP contribution in [0.25, 0.3) is 0 Å². The third kappa shape index (κ3) is 2.73. The number of rotatable bonds is 3. The molecule has 3 aliphatic heterocycles. The summed E-state index contributed by atoms with van der Waals surface area (Å²) in [5, 5.41) is 0. The minimum absolute atomic E-state index is 0.0449. The third-order valence-electron chi connectivity index (χ3n) is 5.58. The van der Waals surface area contributed by atoms with Gasteiger partial charge in [0.25, 0.3) is 5.91 Å². The van der Waals surface area contributed by atoms with Crippen LogP contribution >= 0.6 is 0 Å². The summed E-state index contributed by atoms with van der Waals surface area (Å²) in [5.74, 6) is 1.10. The molecule has 0 aromatic carbocycles. The fourth-order valence-corrected chi connectivity index (χ4v) is 4.05. The van der Waals surface area contributed by atoms with Gasteiger partial charge in [-0.15, -0.1) is 0 Å². The Kier molecular flexibility index (Phi) is 3.87. The zero-order valence-electron chi connectivity index (χ0n) is 14.1. The molecule has 0 aliphatic carbocycles. The topological polar surface area (TPSA) is 63.0 Å². The van der Waals surface area contributed by atoms with Crippen molar-refractivity contribution in [2.75, 3.05) is 32.8 Å². The fraction of sp³-hybridized carbons (Fsp3) is 0.667. The molecule has 0 N–H and O–H groups in total. The summed E-state index contributed by atoms with van der Waals surface area (Å²) >= 11 is 0. The summed E-state index contributed by atoms with van der Waals surface area (Å²) < 4.78 is 11.4. The summed E-state index contributed by atoms with van der Waals surface area (Å²) in [5.41, 5.74) is 0.697. The number of furan rings is 1. The van der Waals surface area contributed by atoms with Crippen molar-refractivity contribution in [1.29, 1.82) is 0 Å². The van der Waals surface area contributed by atoms with Crippen LogP contribution in [0.15, 0.2) is 16.7 Å². The molecule has 6 nitrogen and oxygen atoms in total. The summed E-state index contributed by atoms with van der Waals surface area (Å²) in [6.45, 7) is 5.57. The van der Waals surface area contributed by atoms with Gasteiger partial charge < -0.3 is 19.0 Å². The lowest BCUT2D eigenvalue weighted by molar-refractivity contribution is -0.169. The fourth-order valence-electron chi connectivity index (χ4n) is 4.05. The van der Waals surface area contributed by atoms with Gasteiger partial charge in [-0.3, -0.25) is 9.59 Å². The number of hydrogen-bond acceptors (Lipinski definition) is 4. The Hall–Kier alpha value is -1.82. The maximum absolute atomic E-state index is 12.4. The Bertz CT molecular complexity index is 637. The van der Waals surface area contributed by atoms with Gasteiger partial charge in [-0.25, -0.2) is 0 Å². The smallest absolute Gasteiger partial charge is 0.290 e. The molecule has 6 heteroatoms. The second-order valence-electron chi connectivity index (χ2n) is 7.44. The quantitative estimate of drug-likeness (QED) is 0.847. The van der Waals surface area contributed by atoms with Gasteiger partial charge in [-0.2, -0.15) is 0 Å². The molecule has 130 valence electrons. The molecule has 3 aliphatic rings. The maximum Gasteiger partial charge on any atom is 0.290 e. The first-order valence-corrected chi connectivity index (χ1v) is 8.81. The van der Waals surface area contributed by atoms with E-state index in [1.807, 2.05) is 17.9 Å². The van der Waals surface area contributed by atoms with Gasteiger partial charge in [0.2, 0.25) is 5.91 Å². The molecule has 1 aromatic heterocycles. The van der Waals surface area contributed by atoms with Gasteiger partial charge in [0.1, 0.15) is 5.60 Å². The molecular formula is C18H24N2O4. The van der Waals surface area contributed by atoms with Crippen molar-refractivity contribution in [2.45, 2.75) is 38.2 Å². The van der Waals surface area contributed by atoms with Gasteiger partial charge in [0.05, 0.1) is 26.0 Å². The molecule has 0 radical (unpaired) electrons. The van der Waals surface area contributed by atoms with Crippen molar-refractivity contribution >= 4 is 11.8 Å². The van der Waals surface area contributed by atoms with E-state index < -0.39 is 0 Å². The number of nitrogens with zero attached hydrogens (tertiary/aromatic N) is 2. The lowest BCUT2D eigenvalue weighted by atomic mass is 9.82. The average molecular weight is 332 g/mol. The van der Waals surface area contributed by atoms with E-state index in [-0.39, 0.29) is 17.4 Å². The van der Waals surface area contributed by atoms with E-state index in [0.29, 0.717) is 37.8 Å². The highest BCUT2D eigenvalue weighted by molar-refractivity contribution is 5.93. The zero-order chi connectivity index (χ0) is 16.7. The first-order chi connectivity index (χ1) is 11.6. The Labute approximate surface area is 141 Å². The van der Waals surface area contributed by atoms with Crippen LogP contribution in [0.3, 0.4) is 0 Å². The molecule has 4 rings (SSSR count). The molecule has 2 amide bonds. The maximum atomic E-state index is 12.4. The number of likely N-dealkylation sites (tertiary alicyclic amines) is 2. The lowest BCUT2D eigenvalue weighted by Crippen LogP contribution is -2.66. The van der Waals surface area contributed by atoms with E-state index in [2.05, 4.69) is 0 Å². The lowest BCUT2D eigenvalue weighted by Gasteiger charge is -2.52. The van der Waals surface area contributed by atoms with Crippen molar-refractivity contribution in [3.05, 3.63) is 23.7 Å². The predicted octanol–water partition coefficient (Wildman–Crippen LogP) is 1.83. The standard InChI is InChI=1S/C18H24N2O4/c1-13-5-8-23-16(13)17(22)20-11-18(12-20)6-4-14(10-24-18)9-19-7-2-3-15(19)21/h5,8,14H,2-4,6-7,9-12H2,1H3/t14-/m0/s1. The number of aryl methyl sites for hydroxylation is 1. The van der Waals surface area contributed by atoms with Crippen LogP contribution in [0.4, 0.5) is 0 Å². The minimum Gasteiger partial charge on any atom is -0.459 e. The minimum atomic E-state index is -0.179. The third-order valence-corrected chi connectivity index (χ3v) is 5.58. The van der Waals surface area contributed by atoms with E-state index in [4.69, 9.17) is 9.15 Å². The van der Waals surface area contributed by atoms with E-state index >= 15 is 0 Å². The Morgan fingerprint density at radius 2 is 2.25 bits per heavy atom. The molecule has 24 heavy (non-hydrogen) atoms. The molecule has 0 bridgehead atoms. The summed E-state index contributed by atoms with van der Waals surface area (Å²) in [7, 11) is 0. The van der Waals surface area contributed by atoms with Crippen molar-refractivity contribution in [3.63, 3.8) is 0 Å². The number of amides is 2. The van der Waals surface area contributed by atoms with Crippen LogP contribution in [-0.4, -0.2) is 60.0 Å². The van der Waals surface area contributed by atoms with Crippen LogP contribution in [0.5, 0.6) is 0 Å². The van der Waals surface area contributed by atoms with Gasteiger partial charge in [-0.05, 0) is 32.3 Å². The van der Waals surface area contributed by atoms with E-state index in [1.165, 1.54) is 0 Å². The molecule has 0 unspecified atom stereocenters. The first-order valence-electron chi connectivity index (χ1n) is 8.81. The van der Waals surface area contributed by atoms with Crippen LogP contribution in [0, 0.1) is 12.8 Å². The number of carbonyl (C=O) groups is 2. The molecule has 4 heterocycles. The number of hydrogen-bond donors (Lipinski definition) is 0. The molecule has 0 saturated carbocycles. The Morgan fingerprint density at radius 3 is 2.83 bits per heavy atom. The molecule has 1 atom stereocenters. The van der Waals surface area contributed by atoms with E-state index in [9.17, 15) is 9.59 Å². The van der Waals surface area contributed by atoms with Crippen LogP contribution < -0.4 is 0 Å². The van der Waals surface area contributed by atoms with Crippen molar-refractivity contribution in [1.82, 2.24) is 9.80 Å². The highest BCUT2D eigenvalue weighted by atomic mass is 16.5. The average Bonchev–Trinajstić information content (AvgIpc) is 3.14. The Balaban J connectivity index is 1.27. The molecule has 1 aromatic rings. The van der Waals surface area contributed by atoms with Gasteiger partial charge >= 0.3 is 0 Å². The van der Waals surface area contributed by atoms with Gasteiger partial charge in [0.15, 0.2) is 5.76 Å². The molecule has 1 spiro atoms. The van der Waals surface area contributed by atoms with Crippen molar-refractivity contribution in [2.24, 2.45) is 5.92 Å². The second kappa shape index (κ2) is 5.92. The summed E-state index contributed by atoms with van der Waals surface area (Å²) in [4.78, 5) is 27.9. The Morgan fingerprint density at radius 1 is 1.42 bits per heavy atom. The molecule has 3 fully saturated rings. The van der Waals surface area contributed by atoms with Crippen molar-refractivity contribution < 1.29 is 18.7 Å². The van der Waals surface area contributed by atoms with Gasteiger partial charge in [-0.1, -0.05) is 0 Å². The predicted molar refractivity (Wildman–Crippen MR) is 86.6 cm³/mol. The summed E-state index contributed by atoms with van der Waals surface area (Å²) in [6, 6.07) is 1.81. The molecule has 3 saturated heterocycles. The van der Waals surface area contributed by atoms with Crippen molar-refractivity contribution in [3.8, 4) is 0 Å². The van der Waals surface area contributed by atoms with Crippen LogP contribution in [0.1, 0.15) is 41.8 Å².